The highest BCUT2D eigenvalue weighted by atomic mass is 31.0. The summed E-state index contributed by atoms with van der Waals surface area (Å²) >= 11 is 0. The molecule has 1 heterocycles. The Morgan fingerprint density at radius 2 is 1.74 bits per heavy atom. The van der Waals surface area contributed by atoms with Crippen molar-refractivity contribution in [1.29, 1.82) is 0 Å². The van der Waals surface area contributed by atoms with Gasteiger partial charge in [-0.1, -0.05) is 76.6 Å². The topological polar surface area (TPSA) is 0 Å². The van der Waals surface area contributed by atoms with Crippen LogP contribution in [0.2, 0.25) is 0 Å². The second-order valence-electron chi connectivity index (χ2n) is 5.75. The molecule has 1 aromatic carbocycles. The van der Waals surface area contributed by atoms with E-state index >= 15 is 0 Å². The molecule has 0 amide bonds. The fourth-order valence-electron chi connectivity index (χ4n) is 2.88. The van der Waals surface area contributed by atoms with Crippen molar-refractivity contribution >= 4 is 19.0 Å². The van der Waals surface area contributed by atoms with Crippen LogP contribution in [-0.4, -0.2) is 0 Å². The van der Waals surface area contributed by atoms with Crippen molar-refractivity contribution < 1.29 is 0 Å². The largest absolute Gasteiger partial charge is 0.135 e. The molecule has 0 saturated carbocycles. The summed E-state index contributed by atoms with van der Waals surface area (Å²) in [6, 6.07) is 8.90. The van der Waals surface area contributed by atoms with Crippen molar-refractivity contribution in [2.45, 2.75) is 64.7 Å². The number of unbranched alkanes of at least 4 members (excludes halogenated alkanes) is 5. The second kappa shape index (κ2) is 7.75. The van der Waals surface area contributed by atoms with Gasteiger partial charge in [0.05, 0.1) is 0 Å². The van der Waals surface area contributed by atoms with Crippen molar-refractivity contribution in [3.05, 3.63) is 35.4 Å². The van der Waals surface area contributed by atoms with Gasteiger partial charge in [-0.25, -0.2) is 0 Å². The molecule has 1 aromatic heterocycles. The number of fused-ring (bicyclic) bond motifs is 1. The third kappa shape index (κ3) is 4.11. The lowest BCUT2D eigenvalue weighted by Crippen LogP contribution is -1.91. The molecule has 0 N–H and O–H groups in total. The molecule has 2 atom stereocenters. The van der Waals surface area contributed by atoms with E-state index in [2.05, 4.69) is 43.9 Å². The first-order valence-corrected chi connectivity index (χ1v) is 8.96. The summed E-state index contributed by atoms with van der Waals surface area (Å²) in [6.07, 6.45) is 9.82. The maximum absolute atomic E-state index is 2.42. The van der Waals surface area contributed by atoms with Crippen LogP contribution in [0.15, 0.2) is 30.1 Å². The van der Waals surface area contributed by atoms with Gasteiger partial charge in [0, 0.05) is 0 Å². The summed E-state index contributed by atoms with van der Waals surface area (Å²) in [5.74, 6) is 3.19. The lowest BCUT2D eigenvalue weighted by Gasteiger charge is -2.11. The molecule has 0 spiro atoms. The van der Waals surface area contributed by atoms with Crippen LogP contribution in [0.1, 0.15) is 70.0 Å². The van der Waals surface area contributed by atoms with E-state index in [1.165, 1.54) is 55.7 Å². The number of hydrogen-bond acceptors (Lipinski definition) is 0. The number of benzene rings is 1. The molecule has 0 nitrogen and oxygen atoms in total. The molecule has 0 radical (unpaired) electrons. The first-order valence-electron chi connectivity index (χ1n) is 7.89. The van der Waals surface area contributed by atoms with Crippen molar-refractivity contribution in [2.75, 3.05) is 0 Å². The summed E-state index contributed by atoms with van der Waals surface area (Å²) in [5.41, 5.74) is 0. The smallest absolute Gasteiger partial charge is 0.0109 e. The van der Waals surface area contributed by atoms with Gasteiger partial charge in [-0.05, 0) is 34.2 Å². The van der Waals surface area contributed by atoms with Gasteiger partial charge in [0.15, 0.2) is 0 Å². The Hall–Kier alpha value is -0.740. The van der Waals surface area contributed by atoms with Gasteiger partial charge in [-0.2, -0.15) is 0 Å². The molecule has 0 bridgehead atoms. The van der Waals surface area contributed by atoms with E-state index < -0.39 is 0 Å². The van der Waals surface area contributed by atoms with Crippen LogP contribution in [0.25, 0.3) is 10.8 Å². The van der Waals surface area contributed by atoms with E-state index in [0.717, 1.165) is 14.1 Å². The maximum Gasteiger partial charge on any atom is -0.0109 e. The van der Waals surface area contributed by atoms with Crippen molar-refractivity contribution in [2.24, 2.45) is 0 Å². The van der Waals surface area contributed by atoms with E-state index in [1.807, 2.05) is 0 Å². The minimum Gasteiger partial charge on any atom is -0.135 e. The van der Waals surface area contributed by atoms with Gasteiger partial charge in [-0.3, -0.25) is 0 Å². The molecular formula is C18H27P. The van der Waals surface area contributed by atoms with Gasteiger partial charge in [-0.15, -0.1) is 8.19 Å². The average Bonchev–Trinajstić information content (AvgIpc) is 2.86. The molecule has 104 valence electrons. The quantitative estimate of drug-likeness (QED) is 0.468. The minimum absolute atomic E-state index is 0.768. The minimum atomic E-state index is 0.768. The Labute approximate surface area is 119 Å². The summed E-state index contributed by atoms with van der Waals surface area (Å²) in [7, 11) is 0.922. The van der Waals surface area contributed by atoms with Crippen LogP contribution in [0.3, 0.4) is 0 Å². The van der Waals surface area contributed by atoms with Crippen molar-refractivity contribution in [1.82, 2.24) is 0 Å². The van der Waals surface area contributed by atoms with Gasteiger partial charge >= 0.3 is 0 Å². The highest BCUT2D eigenvalue weighted by molar-refractivity contribution is 7.31. The lowest BCUT2D eigenvalue weighted by atomic mass is 9.98. The van der Waals surface area contributed by atoms with E-state index in [0.29, 0.717) is 0 Å². The van der Waals surface area contributed by atoms with Gasteiger partial charge in [0.25, 0.3) is 0 Å². The van der Waals surface area contributed by atoms with Crippen LogP contribution in [0.4, 0.5) is 0 Å². The van der Waals surface area contributed by atoms with E-state index in [1.54, 1.807) is 5.30 Å². The third-order valence-corrected chi connectivity index (χ3v) is 5.65. The van der Waals surface area contributed by atoms with Crippen molar-refractivity contribution in [3.8, 4) is 0 Å². The molecule has 0 aliphatic rings. The van der Waals surface area contributed by atoms with E-state index in [-0.39, 0.29) is 0 Å². The fourth-order valence-corrected chi connectivity index (χ4v) is 4.26. The predicted octanol–water partition coefficient (Wildman–Crippen LogP) is 6.73. The summed E-state index contributed by atoms with van der Waals surface area (Å²) in [4.78, 5) is 0. The van der Waals surface area contributed by atoms with Crippen LogP contribution in [-0.2, 0) is 0 Å². The molecular weight excluding hydrogens is 247 g/mol. The Kier molecular flexibility index (Phi) is 5.98. The highest BCUT2D eigenvalue weighted by Gasteiger charge is 2.10. The van der Waals surface area contributed by atoms with E-state index in [4.69, 9.17) is 0 Å². The summed E-state index contributed by atoms with van der Waals surface area (Å²) < 4.78 is 0. The Bertz CT molecular complexity index is 483. The zero-order valence-corrected chi connectivity index (χ0v) is 13.4. The van der Waals surface area contributed by atoms with E-state index in [9.17, 15) is 0 Å². The molecule has 0 aliphatic carbocycles. The SMILES string of the molecule is CCCCCCCCC(C)c1[pH]cc2ccccc12. The van der Waals surface area contributed by atoms with Gasteiger partial charge in [0.2, 0.25) is 0 Å². The zero-order valence-electron chi connectivity index (χ0n) is 12.4. The second-order valence-corrected chi connectivity index (χ2v) is 6.86. The normalized spacial score (nSPS) is 13.4. The Balaban J connectivity index is 1.81. The summed E-state index contributed by atoms with van der Waals surface area (Å²) in [5, 5.41) is 4.69. The molecule has 0 saturated heterocycles. The van der Waals surface area contributed by atoms with Gasteiger partial charge < -0.3 is 0 Å². The third-order valence-electron chi connectivity index (χ3n) is 4.12. The molecule has 0 fully saturated rings. The molecule has 0 aliphatic heterocycles. The van der Waals surface area contributed by atoms with Gasteiger partial charge in [0.1, 0.15) is 0 Å². The molecule has 2 rings (SSSR count). The number of rotatable bonds is 8. The summed E-state index contributed by atoms with van der Waals surface area (Å²) in [6.45, 7) is 4.71. The van der Waals surface area contributed by atoms with Crippen LogP contribution < -0.4 is 0 Å². The molecule has 2 aromatic rings. The van der Waals surface area contributed by atoms with Crippen LogP contribution >= 0.6 is 8.19 Å². The molecule has 1 heteroatoms. The molecule has 19 heavy (non-hydrogen) atoms. The zero-order chi connectivity index (χ0) is 13.5. The molecule has 2 unspecified atom stereocenters. The monoisotopic (exact) mass is 274 g/mol. The van der Waals surface area contributed by atoms with Crippen LogP contribution in [0, 0.1) is 0 Å². The highest BCUT2D eigenvalue weighted by Crippen LogP contribution is 2.37. The predicted molar refractivity (Wildman–Crippen MR) is 89.9 cm³/mol. The average molecular weight is 274 g/mol. The Morgan fingerprint density at radius 3 is 2.58 bits per heavy atom. The van der Waals surface area contributed by atoms with Crippen LogP contribution in [0.5, 0.6) is 0 Å². The first-order chi connectivity index (χ1) is 9.33. The maximum atomic E-state index is 2.42. The first kappa shape index (κ1) is 14.7. The fraction of sp³-hybridized carbons (Fsp3) is 0.556. The Morgan fingerprint density at radius 1 is 1.00 bits per heavy atom. The standard InChI is InChI=1S/C18H27P/c1-3-4-5-6-7-8-11-15(2)18-17-13-10-9-12-16(17)14-19-18/h9-10,12-15,19H,3-8,11H2,1-2H3. The lowest BCUT2D eigenvalue weighted by molar-refractivity contribution is 0.561. The number of hydrogen-bond donors (Lipinski definition) is 0. The van der Waals surface area contributed by atoms with Crippen molar-refractivity contribution in [3.63, 3.8) is 0 Å².